The maximum Gasteiger partial charge on any atom is 0.418 e. The number of benzene rings is 2. The molecule has 3 amide bonds. The highest BCUT2D eigenvalue weighted by Crippen LogP contribution is 2.34. The Morgan fingerprint density at radius 1 is 1.03 bits per heavy atom. The van der Waals surface area contributed by atoms with Crippen molar-refractivity contribution in [3.8, 4) is 10.6 Å². The molecule has 0 aliphatic carbocycles. The molecule has 36 heavy (non-hydrogen) atoms. The van der Waals surface area contributed by atoms with E-state index in [0.717, 1.165) is 23.4 Å². The quantitative estimate of drug-likeness (QED) is 0.366. The molecule has 0 fully saturated rings. The lowest BCUT2D eigenvalue weighted by Crippen LogP contribution is -2.49. The van der Waals surface area contributed by atoms with Crippen molar-refractivity contribution in [2.75, 3.05) is 29.6 Å². The highest BCUT2D eigenvalue weighted by atomic mass is 32.1. The fourth-order valence-electron chi connectivity index (χ4n) is 3.32. The lowest BCUT2D eigenvalue weighted by Gasteiger charge is -2.23. The summed E-state index contributed by atoms with van der Waals surface area (Å²) in [6, 6.07) is 10.4. The van der Waals surface area contributed by atoms with Crippen LogP contribution in [0.3, 0.4) is 0 Å². The van der Waals surface area contributed by atoms with Gasteiger partial charge in [-0.25, -0.2) is 4.79 Å². The van der Waals surface area contributed by atoms with E-state index in [1.165, 1.54) is 23.5 Å². The van der Waals surface area contributed by atoms with Crippen LogP contribution < -0.4 is 20.9 Å². The van der Waals surface area contributed by atoms with E-state index in [4.69, 9.17) is 0 Å². The minimum absolute atomic E-state index is 0.240. The van der Waals surface area contributed by atoms with E-state index in [-0.39, 0.29) is 11.0 Å². The maximum absolute atomic E-state index is 13.2. The largest absolute Gasteiger partial charge is 0.418 e. The van der Waals surface area contributed by atoms with E-state index in [1.54, 1.807) is 6.92 Å². The molecule has 3 aromatic rings. The summed E-state index contributed by atoms with van der Waals surface area (Å²) in [6.07, 6.45) is -4.10. The summed E-state index contributed by atoms with van der Waals surface area (Å²) in [5.41, 5.74) is 0.470. The van der Waals surface area contributed by atoms with Crippen LogP contribution in [-0.4, -0.2) is 42.3 Å². The number of carbonyl (C=O) groups excluding carboxylic acids is 2. The number of nitrogens with one attached hydrogen (secondary N) is 3. The lowest BCUT2D eigenvalue weighted by atomic mass is 9.98. The average molecular weight is 521 g/mol. The van der Waals surface area contributed by atoms with Crippen molar-refractivity contribution in [3.63, 3.8) is 0 Å². The van der Waals surface area contributed by atoms with Crippen molar-refractivity contribution in [1.29, 1.82) is 0 Å². The van der Waals surface area contributed by atoms with Crippen LogP contribution in [0.1, 0.15) is 25.8 Å². The first-order valence-corrected chi connectivity index (χ1v) is 12.0. The topological polar surface area (TPSA) is 99.2 Å². The number of nitrogens with zero attached hydrogens (tertiary/aromatic N) is 3. The van der Waals surface area contributed by atoms with Gasteiger partial charge in [-0.15, -0.1) is 10.2 Å². The number of hydrogen-bond acceptors (Lipinski definition) is 6. The second kappa shape index (κ2) is 11.4. The molecule has 0 saturated carbocycles. The van der Waals surface area contributed by atoms with Crippen LogP contribution in [0.4, 0.5) is 34.5 Å². The standard InChI is InChI=1S/C24H27F3N6O2S/c1-5-14(2)19(29-22(35)28-18-9-7-6-8-17(18)24(25,26)27)20(34)30-23-32-31-21(36-23)15-10-12-16(13-11-15)33(3)4/h6-14,19H,5H2,1-4H3,(H2,28,29,35)(H,30,32,34). The van der Waals surface area contributed by atoms with Crippen molar-refractivity contribution >= 4 is 39.8 Å². The number of anilines is 3. The minimum Gasteiger partial charge on any atom is -0.378 e. The Kier molecular flexibility index (Phi) is 8.51. The molecule has 0 radical (unpaired) electrons. The van der Waals surface area contributed by atoms with Gasteiger partial charge in [0.1, 0.15) is 11.0 Å². The van der Waals surface area contributed by atoms with Gasteiger partial charge in [0, 0.05) is 25.3 Å². The molecule has 3 rings (SSSR count). The number of carbonyl (C=O) groups is 2. The molecule has 0 aliphatic rings. The number of amides is 3. The highest BCUT2D eigenvalue weighted by molar-refractivity contribution is 7.18. The molecule has 2 aromatic carbocycles. The number of alkyl halides is 3. The minimum atomic E-state index is -4.64. The van der Waals surface area contributed by atoms with Gasteiger partial charge in [0.2, 0.25) is 11.0 Å². The number of rotatable bonds is 8. The zero-order chi connectivity index (χ0) is 26.5. The first kappa shape index (κ1) is 26.9. The summed E-state index contributed by atoms with van der Waals surface area (Å²) in [6.45, 7) is 3.59. The third kappa shape index (κ3) is 6.72. The Balaban J connectivity index is 1.70. The van der Waals surface area contributed by atoms with E-state index >= 15 is 0 Å². The Hall–Kier alpha value is -3.67. The van der Waals surface area contributed by atoms with Gasteiger partial charge < -0.3 is 15.5 Å². The van der Waals surface area contributed by atoms with E-state index in [9.17, 15) is 22.8 Å². The van der Waals surface area contributed by atoms with Gasteiger partial charge in [-0.3, -0.25) is 10.1 Å². The Morgan fingerprint density at radius 3 is 2.31 bits per heavy atom. The van der Waals surface area contributed by atoms with Gasteiger partial charge in [0.05, 0.1) is 11.3 Å². The molecule has 8 nitrogen and oxygen atoms in total. The van der Waals surface area contributed by atoms with Gasteiger partial charge in [-0.05, 0) is 42.3 Å². The molecule has 12 heteroatoms. The Morgan fingerprint density at radius 2 is 1.69 bits per heavy atom. The molecule has 1 aromatic heterocycles. The van der Waals surface area contributed by atoms with Crippen LogP contribution in [0, 0.1) is 5.92 Å². The van der Waals surface area contributed by atoms with Crippen LogP contribution in [0.15, 0.2) is 48.5 Å². The van der Waals surface area contributed by atoms with Crippen LogP contribution in [0.5, 0.6) is 0 Å². The second-order valence-electron chi connectivity index (χ2n) is 8.35. The normalized spacial score (nSPS) is 13.0. The Bertz CT molecular complexity index is 1200. The van der Waals surface area contributed by atoms with Crippen molar-refractivity contribution in [3.05, 3.63) is 54.1 Å². The number of aromatic nitrogens is 2. The summed E-state index contributed by atoms with van der Waals surface area (Å²) >= 11 is 1.17. The van der Waals surface area contributed by atoms with Crippen LogP contribution in [-0.2, 0) is 11.0 Å². The number of hydrogen-bond donors (Lipinski definition) is 3. The summed E-state index contributed by atoms with van der Waals surface area (Å²) in [4.78, 5) is 27.5. The monoisotopic (exact) mass is 520 g/mol. The highest BCUT2D eigenvalue weighted by Gasteiger charge is 2.34. The molecule has 0 saturated heterocycles. The van der Waals surface area contributed by atoms with E-state index in [2.05, 4.69) is 26.1 Å². The van der Waals surface area contributed by atoms with Gasteiger partial charge in [-0.1, -0.05) is 43.7 Å². The van der Waals surface area contributed by atoms with Crippen LogP contribution in [0.25, 0.3) is 10.6 Å². The summed E-state index contributed by atoms with van der Waals surface area (Å²) in [5, 5.41) is 16.3. The first-order chi connectivity index (χ1) is 17.0. The molecular weight excluding hydrogens is 493 g/mol. The lowest BCUT2D eigenvalue weighted by molar-refractivity contribution is -0.137. The predicted molar refractivity (Wildman–Crippen MR) is 135 cm³/mol. The zero-order valence-corrected chi connectivity index (χ0v) is 21.0. The molecule has 2 unspecified atom stereocenters. The third-order valence-electron chi connectivity index (χ3n) is 5.55. The number of halogens is 3. The van der Waals surface area contributed by atoms with Gasteiger partial charge >= 0.3 is 12.2 Å². The molecular formula is C24H27F3N6O2S. The van der Waals surface area contributed by atoms with Gasteiger partial charge in [0.25, 0.3) is 0 Å². The van der Waals surface area contributed by atoms with Crippen LogP contribution >= 0.6 is 11.3 Å². The number of urea groups is 1. The Labute approximate surface area is 210 Å². The summed E-state index contributed by atoms with van der Waals surface area (Å²) in [7, 11) is 3.87. The van der Waals surface area contributed by atoms with Gasteiger partial charge in [0.15, 0.2) is 0 Å². The van der Waals surface area contributed by atoms with Crippen molar-refractivity contribution in [2.24, 2.45) is 5.92 Å². The summed E-state index contributed by atoms with van der Waals surface area (Å²) in [5.74, 6) is -0.853. The second-order valence-corrected chi connectivity index (χ2v) is 9.33. The van der Waals surface area contributed by atoms with E-state index in [1.807, 2.05) is 50.2 Å². The maximum atomic E-state index is 13.2. The van der Waals surface area contributed by atoms with Crippen molar-refractivity contribution < 1.29 is 22.8 Å². The van der Waals surface area contributed by atoms with Crippen molar-refractivity contribution in [2.45, 2.75) is 32.5 Å². The first-order valence-electron chi connectivity index (χ1n) is 11.2. The van der Waals surface area contributed by atoms with Crippen molar-refractivity contribution in [1.82, 2.24) is 15.5 Å². The molecule has 3 N–H and O–H groups in total. The molecule has 0 bridgehead atoms. The van der Waals surface area contributed by atoms with Gasteiger partial charge in [-0.2, -0.15) is 13.2 Å². The molecule has 0 spiro atoms. The van der Waals surface area contributed by atoms with Crippen LogP contribution in [0.2, 0.25) is 0 Å². The fraction of sp³-hybridized carbons (Fsp3) is 0.333. The third-order valence-corrected chi connectivity index (χ3v) is 6.44. The van der Waals surface area contributed by atoms with E-state index < -0.39 is 35.4 Å². The molecule has 1 heterocycles. The number of para-hydroxylation sites is 1. The predicted octanol–water partition coefficient (Wildman–Crippen LogP) is 5.46. The SMILES string of the molecule is CCC(C)C(NC(=O)Nc1ccccc1C(F)(F)F)C(=O)Nc1nnc(-c2ccc(N(C)C)cc2)s1. The fourth-order valence-corrected chi connectivity index (χ4v) is 4.07. The smallest absolute Gasteiger partial charge is 0.378 e. The van der Waals surface area contributed by atoms with E-state index in [0.29, 0.717) is 11.4 Å². The molecule has 2 atom stereocenters. The average Bonchev–Trinajstić information content (AvgIpc) is 3.30. The summed E-state index contributed by atoms with van der Waals surface area (Å²) < 4.78 is 39.7. The molecule has 0 aliphatic heterocycles. The molecule has 192 valence electrons. The zero-order valence-electron chi connectivity index (χ0n) is 20.2.